The zero-order valence-electron chi connectivity index (χ0n) is 21.6. The summed E-state index contributed by atoms with van der Waals surface area (Å²) in [5, 5.41) is 14.6. The first-order valence-corrected chi connectivity index (χ1v) is 11.7. The molecule has 0 saturated carbocycles. The number of amides is 1. The van der Waals surface area contributed by atoms with Crippen LogP contribution in [0.5, 0.6) is 0 Å². The molecular weight excluding hydrogens is 446 g/mol. The Kier molecular flexibility index (Phi) is 7.80. The minimum absolute atomic E-state index is 0.0516. The first kappa shape index (κ1) is 26.2. The number of aromatic nitrogens is 3. The van der Waals surface area contributed by atoms with Gasteiger partial charge >= 0.3 is 12.1 Å². The van der Waals surface area contributed by atoms with Crippen LogP contribution in [-0.2, 0) is 11.3 Å². The van der Waals surface area contributed by atoms with Crippen LogP contribution in [0.25, 0.3) is 22.3 Å². The Morgan fingerprint density at radius 2 is 1.86 bits per heavy atom. The van der Waals surface area contributed by atoms with E-state index >= 15 is 0 Å². The number of carbonyl (C=O) groups is 2. The van der Waals surface area contributed by atoms with Crippen molar-refractivity contribution < 1.29 is 19.4 Å². The number of benzene rings is 1. The summed E-state index contributed by atoms with van der Waals surface area (Å²) in [6.07, 6.45) is 1.22. The van der Waals surface area contributed by atoms with Crippen LogP contribution in [-0.4, -0.2) is 74.5 Å². The number of fused-ring (bicyclic) bond motifs is 1. The zero-order chi connectivity index (χ0) is 25.9. The normalized spacial score (nSPS) is 11.9. The number of carboxylic acids is 1. The third-order valence-electron chi connectivity index (χ3n) is 5.48. The SMILES string of the molecule is CC(C)n1ncc2c(C(=O)O)cc(-c3cccc(CN(C)CCN(C)C(=O)OC(C)(C)C)c3)nc21. The van der Waals surface area contributed by atoms with Crippen molar-refractivity contribution in [2.75, 3.05) is 27.2 Å². The maximum atomic E-state index is 12.2. The summed E-state index contributed by atoms with van der Waals surface area (Å²) < 4.78 is 7.14. The average molecular weight is 482 g/mol. The number of hydrogen-bond acceptors (Lipinski definition) is 6. The molecule has 0 aliphatic rings. The predicted octanol–water partition coefficient (Wildman–Crippen LogP) is 4.68. The molecule has 0 aliphatic heterocycles. The molecule has 0 radical (unpaired) electrons. The average Bonchev–Trinajstić information content (AvgIpc) is 3.20. The van der Waals surface area contributed by atoms with Crippen molar-refractivity contribution in [3.05, 3.63) is 47.7 Å². The Morgan fingerprint density at radius 3 is 2.49 bits per heavy atom. The summed E-state index contributed by atoms with van der Waals surface area (Å²) in [4.78, 5) is 32.6. The van der Waals surface area contributed by atoms with Gasteiger partial charge in [-0.15, -0.1) is 0 Å². The standard InChI is InChI=1S/C26H35N5O4/c1-17(2)31-23-21(15-27-31)20(24(32)33)14-22(28-23)19-10-8-9-18(13-19)16-29(6)11-12-30(7)25(34)35-26(3,4)5/h8-10,13-15,17H,11-12,16H2,1-7H3,(H,32,33). The Morgan fingerprint density at radius 1 is 1.14 bits per heavy atom. The Hall–Kier alpha value is -3.46. The molecule has 0 spiro atoms. The molecule has 0 aliphatic carbocycles. The third-order valence-corrected chi connectivity index (χ3v) is 5.48. The van der Waals surface area contributed by atoms with Crippen molar-refractivity contribution in [2.24, 2.45) is 0 Å². The molecule has 35 heavy (non-hydrogen) atoms. The minimum Gasteiger partial charge on any atom is -0.478 e. The highest BCUT2D eigenvalue weighted by molar-refractivity contribution is 6.02. The number of pyridine rings is 1. The number of nitrogens with zero attached hydrogens (tertiary/aromatic N) is 5. The summed E-state index contributed by atoms with van der Waals surface area (Å²) in [5.41, 5.74) is 2.70. The van der Waals surface area contributed by atoms with Crippen LogP contribution >= 0.6 is 0 Å². The molecule has 0 bridgehead atoms. The van der Waals surface area contributed by atoms with E-state index in [4.69, 9.17) is 9.72 Å². The molecule has 3 aromatic rings. The molecule has 188 valence electrons. The van der Waals surface area contributed by atoms with Crippen LogP contribution in [0.15, 0.2) is 36.5 Å². The summed E-state index contributed by atoms with van der Waals surface area (Å²) in [7, 11) is 3.72. The van der Waals surface area contributed by atoms with Crippen LogP contribution in [0.4, 0.5) is 4.79 Å². The number of carboxylic acid groups (broad SMARTS) is 1. The summed E-state index contributed by atoms with van der Waals surface area (Å²) >= 11 is 0. The van der Waals surface area contributed by atoms with Crippen LogP contribution in [0.2, 0.25) is 0 Å². The number of rotatable bonds is 8. The van der Waals surface area contributed by atoms with Gasteiger partial charge < -0.3 is 19.6 Å². The van der Waals surface area contributed by atoms with Crippen molar-refractivity contribution >= 4 is 23.1 Å². The lowest BCUT2D eigenvalue weighted by Gasteiger charge is -2.26. The van der Waals surface area contributed by atoms with Crippen molar-refractivity contribution in [3.8, 4) is 11.3 Å². The second kappa shape index (κ2) is 10.4. The highest BCUT2D eigenvalue weighted by Crippen LogP contribution is 2.27. The van der Waals surface area contributed by atoms with Gasteiger partial charge in [-0.3, -0.25) is 0 Å². The summed E-state index contributed by atoms with van der Waals surface area (Å²) in [6, 6.07) is 9.56. The van der Waals surface area contributed by atoms with Crippen LogP contribution in [0.3, 0.4) is 0 Å². The van der Waals surface area contributed by atoms with Gasteiger partial charge in [0, 0.05) is 38.3 Å². The second-order valence-corrected chi connectivity index (χ2v) is 10.1. The van der Waals surface area contributed by atoms with E-state index < -0.39 is 11.6 Å². The van der Waals surface area contributed by atoms with Crippen LogP contribution < -0.4 is 0 Å². The van der Waals surface area contributed by atoms with E-state index in [2.05, 4.69) is 10.00 Å². The second-order valence-electron chi connectivity index (χ2n) is 10.1. The molecule has 0 atom stereocenters. The van der Waals surface area contributed by atoms with Gasteiger partial charge in [-0.05, 0) is 59.4 Å². The Balaban J connectivity index is 1.77. The molecule has 2 heterocycles. The fourth-order valence-electron chi connectivity index (χ4n) is 3.69. The molecule has 9 nitrogen and oxygen atoms in total. The Bertz CT molecular complexity index is 1210. The van der Waals surface area contributed by atoms with Crippen molar-refractivity contribution in [1.29, 1.82) is 0 Å². The number of ether oxygens (including phenoxy) is 1. The first-order chi connectivity index (χ1) is 16.4. The number of likely N-dealkylation sites (N-methyl/N-ethyl adjacent to an activating group) is 2. The number of carbonyl (C=O) groups excluding carboxylic acids is 1. The van der Waals surface area contributed by atoms with Gasteiger partial charge in [0.2, 0.25) is 0 Å². The summed E-state index contributed by atoms with van der Waals surface area (Å²) in [6.45, 7) is 11.4. The van der Waals surface area contributed by atoms with E-state index in [1.165, 1.54) is 0 Å². The lowest BCUT2D eigenvalue weighted by atomic mass is 10.0. The molecule has 1 amide bonds. The van der Waals surface area contributed by atoms with E-state index in [1.807, 2.05) is 65.9 Å². The lowest BCUT2D eigenvalue weighted by Crippen LogP contribution is -2.38. The van der Waals surface area contributed by atoms with Gasteiger partial charge in [0.1, 0.15) is 5.60 Å². The molecule has 0 saturated heterocycles. The summed E-state index contributed by atoms with van der Waals surface area (Å²) in [5.74, 6) is -1.01. The molecule has 1 N–H and O–H groups in total. The maximum Gasteiger partial charge on any atom is 0.410 e. The van der Waals surface area contributed by atoms with Gasteiger partial charge in [-0.1, -0.05) is 18.2 Å². The molecule has 1 aromatic carbocycles. The molecule has 0 fully saturated rings. The topological polar surface area (TPSA) is 101 Å². The van der Waals surface area contributed by atoms with Gasteiger partial charge in [0.15, 0.2) is 5.65 Å². The molecular formula is C26H35N5O4. The third kappa shape index (κ3) is 6.57. The first-order valence-electron chi connectivity index (χ1n) is 11.7. The fourth-order valence-corrected chi connectivity index (χ4v) is 3.69. The largest absolute Gasteiger partial charge is 0.478 e. The highest BCUT2D eigenvalue weighted by Gasteiger charge is 2.20. The van der Waals surface area contributed by atoms with Crippen molar-refractivity contribution in [1.82, 2.24) is 24.6 Å². The van der Waals surface area contributed by atoms with E-state index in [1.54, 1.807) is 28.9 Å². The molecule has 2 aromatic heterocycles. The predicted molar refractivity (Wildman–Crippen MR) is 136 cm³/mol. The molecule has 3 rings (SSSR count). The van der Waals surface area contributed by atoms with E-state index in [-0.39, 0.29) is 17.7 Å². The van der Waals surface area contributed by atoms with E-state index in [9.17, 15) is 14.7 Å². The quantitative estimate of drug-likeness (QED) is 0.499. The van der Waals surface area contributed by atoms with Gasteiger partial charge in [-0.25, -0.2) is 19.3 Å². The van der Waals surface area contributed by atoms with Crippen LogP contribution in [0, 0.1) is 0 Å². The highest BCUT2D eigenvalue weighted by atomic mass is 16.6. The van der Waals surface area contributed by atoms with E-state index in [0.29, 0.717) is 36.4 Å². The Labute approximate surface area is 206 Å². The van der Waals surface area contributed by atoms with Crippen molar-refractivity contribution in [3.63, 3.8) is 0 Å². The molecule has 9 heteroatoms. The van der Waals surface area contributed by atoms with Gasteiger partial charge in [0.25, 0.3) is 0 Å². The smallest absolute Gasteiger partial charge is 0.410 e. The monoisotopic (exact) mass is 481 g/mol. The van der Waals surface area contributed by atoms with E-state index in [0.717, 1.165) is 11.1 Å². The molecule has 0 unspecified atom stereocenters. The van der Waals surface area contributed by atoms with Gasteiger partial charge in [-0.2, -0.15) is 5.10 Å². The minimum atomic E-state index is -1.01. The lowest BCUT2D eigenvalue weighted by molar-refractivity contribution is 0.0286. The van der Waals surface area contributed by atoms with Crippen molar-refractivity contribution in [2.45, 2.75) is 52.8 Å². The van der Waals surface area contributed by atoms with Crippen LogP contribution in [0.1, 0.15) is 56.6 Å². The maximum absolute atomic E-state index is 12.2. The van der Waals surface area contributed by atoms with Gasteiger partial charge in [0.05, 0.1) is 22.8 Å². The number of aromatic carboxylic acids is 1. The number of hydrogen-bond donors (Lipinski definition) is 1. The fraction of sp³-hybridized carbons (Fsp3) is 0.462. The zero-order valence-corrected chi connectivity index (χ0v) is 21.6.